The van der Waals surface area contributed by atoms with Crippen molar-refractivity contribution in [2.75, 3.05) is 12.0 Å². The van der Waals surface area contributed by atoms with E-state index >= 15 is 0 Å². The molecule has 0 spiro atoms. The summed E-state index contributed by atoms with van der Waals surface area (Å²) < 4.78 is 5.41. The number of aromatic nitrogens is 1. The quantitative estimate of drug-likeness (QED) is 0.667. The number of thiophene rings is 1. The van der Waals surface area contributed by atoms with Crippen LogP contribution in [0.1, 0.15) is 27.5 Å². The maximum Gasteiger partial charge on any atom is 0.174 e. The van der Waals surface area contributed by atoms with E-state index in [-0.39, 0.29) is 12.1 Å². The standard InChI is InChI=1S/C20H19N3OS2/c1-13-9-10-17(26-13)19-18(16-8-3-4-11-21-16)22-20(25)23(19)14-6-5-7-15(12-14)24-2/h3-12,18-19H,1-2H3,(H,22,25)/t18-,19-/m1/s1. The molecule has 2 atom stereocenters. The van der Waals surface area contributed by atoms with Gasteiger partial charge in [-0.3, -0.25) is 4.98 Å². The van der Waals surface area contributed by atoms with E-state index in [1.165, 1.54) is 9.75 Å². The van der Waals surface area contributed by atoms with Crippen molar-refractivity contribution >= 4 is 34.4 Å². The molecule has 26 heavy (non-hydrogen) atoms. The molecule has 1 aromatic carbocycles. The molecule has 3 heterocycles. The predicted molar refractivity (Wildman–Crippen MR) is 110 cm³/mol. The molecule has 0 aliphatic carbocycles. The highest BCUT2D eigenvalue weighted by Gasteiger charge is 2.41. The van der Waals surface area contributed by atoms with Gasteiger partial charge in [-0.05, 0) is 55.5 Å². The third-order valence-corrected chi connectivity index (χ3v) is 5.87. The predicted octanol–water partition coefficient (Wildman–Crippen LogP) is 4.64. The first-order valence-corrected chi connectivity index (χ1v) is 9.61. The third kappa shape index (κ3) is 3.06. The van der Waals surface area contributed by atoms with Crippen LogP contribution in [0.5, 0.6) is 5.75 Å². The highest BCUT2D eigenvalue weighted by atomic mass is 32.1. The van der Waals surface area contributed by atoms with Crippen molar-refractivity contribution in [3.63, 3.8) is 0 Å². The van der Waals surface area contributed by atoms with E-state index in [2.05, 4.69) is 40.3 Å². The van der Waals surface area contributed by atoms with Gasteiger partial charge in [0.2, 0.25) is 0 Å². The molecule has 1 saturated heterocycles. The van der Waals surface area contributed by atoms with E-state index < -0.39 is 0 Å². The summed E-state index contributed by atoms with van der Waals surface area (Å²) in [5.41, 5.74) is 1.99. The summed E-state index contributed by atoms with van der Waals surface area (Å²) in [5, 5.41) is 4.17. The fourth-order valence-corrected chi connectivity index (χ4v) is 4.65. The van der Waals surface area contributed by atoms with Crippen LogP contribution < -0.4 is 15.0 Å². The molecule has 0 amide bonds. The topological polar surface area (TPSA) is 37.4 Å². The van der Waals surface area contributed by atoms with Gasteiger partial charge in [0.15, 0.2) is 5.11 Å². The van der Waals surface area contributed by atoms with Crippen LogP contribution in [0.15, 0.2) is 60.8 Å². The van der Waals surface area contributed by atoms with Crippen molar-refractivity contribution in [2.24, 2.45) is 0 Å². The zero-order valence-corrected chi connectivity index (χ0v) is 16.2. The number of hydrogen-bond donors (Lipinski definition) is 1. The number of nitrogens with zero attached hydrogens (tertiary/aromatic N) is 2. The summed E-state index contributed by atoms with van der Waals surface area (Å²) in [6, 6.07) is 18.4. The largest absolute Gasteiger partial charge is 0.497 e. The molecule has 6 heteroatoms. The molecule has 1 aliphatic rings. The molecule has 0 unspecified atom stereocenters. The first-order valence-electron chi connectivity index (χ1n) is 8.38. The van der Waals surface area contributed by atoms with Crippen LogP contribution in [0, 0.1) is 6.92 Å². The van der Waals surface area contributed by atoms with Gasteiger partial charge in [0.05, 0.1) is 24.9 Å². The molecule has 1 N–H and O–H groups in total. The van der Waals surface area contributed by atoms with Crippen molar-refractivity contribution in [3.8, 4) is 5.75 Å². The number of thiocarbonyl (C=S) groups is 1. The molecule has 1 fully saturated rings. The summed E-state index contributed by atoms with van der Waals surface area (Å²) in [7, 11) is 1.68. The number of pyridine rings is 1. The van der Waals surface area contributed by atoms with Gasteiger partial charge in [0.1, 0.15) is 5.75 Å². The van der Waals surface area contributed by atoms with E-state index in [9.17, 15) is 0 Å². The maximum atomic E-state index is 5.71. The summed E-state index contributed by atoms with van der Waals surface area (Å²) >= 11 is 7.51. The van der Waals surface area contributed by atoms with E-state index in [0.717, 1.165) is 17.1 Å². The lowest BCUT2D eigenvalue weighted by molar-refractivity contribution is 0.415. The summed E-state index contributed by atoms with van der Waals surface area (Å²) in [6.45, 7) is 2.13. The lowest BCUT2D eigenvalue weighted by Gasteiger charge is -2.27. The molecular weight excluding hydrogens is 362 g/mol. The number of benzene rings is 1. The maximum absolute atomic E-state index is 5.71. The first-order chi connectivity index (χ1) is 12.7. The van der Waals surface area contributed by atoms with Gasteiger partial charge in [0, 0.05) is 27.7 Å². The van der Waals surface area contributed by atoms with Crippen LogP contribution in [0.3, 0.4) is 0 Å². The van der Waals surface area contributed by atoms with Gasteiger partial charge in [-0.2, -0.15) is 0 Å². The molecule has 2 aromatic heterocycles. The Balaban J connectivity index is 1.82. The van der Waals surface area contributed by atoms with Crippen LogP contribution in [-0.4, -0.2) is 17.2 Å². The minimum absolute atomic E-state index is 0.00653. The number of ether oxygens (including phenoxy) is 1. The van der Waals surface area contributed by atoms with Crippen molar-refractivity contribution in [1.29, 1.82) is 0 Å². The second-order valence-electron chi connectivity index (χ2n) is 6.15. The molecule has 0 bridgehead atoms. The number of methoxy groups -OCH3 is 1. The Kier molecular flexibility index (Phi) is 4.61. The molecule has 0 radical (unpaired) electrons. The van der Waals surface area contributed by atoms with Gasteiger partial charge in [-0.25, -0.2) is 0 Å². The van der Waals surface area contributed by atoms with E-state index in [1.807, 2.05) is 42.6 Å². The van der Waals surface area contributed by atoms with Crippen LogP contribution in [-0.2, 0) is 0 Å². The Morgan fingerprint density at radius 1 is 1.15 bits per heavy atom. The number of rotatable bonds is 4. The summed E-state index contributed by atoms with van der Waals surface area (Å²) in [6.07, 6.45) is 1.82. The van der Waals surface area contributed by atoms with Gasteiger partial charge in [-0.15, -0.1) is 11.3 Å². The molecule has 0 saturated carbocycles. The van der Waals surface area contributed by atoms with E-state index in [4.69, 9.17) is 17.0 Å². The van der Waals surface area contributed by atoms with Crippen molar-refractivity contribution in [2.45, 2.75) is 19.0 Å². The zero-order valence-electron chi connectivity index (χ0n) is 14.5. The van der Waals surface area contributed by atoms with Crippen LogP contribution in [0.25, 0.3) is 0 Å². The molecule has 3 aromatic rings. The van der Waals surface area contributed by atoms with Crippen molar-refractivity contribution in [1.82, 2.24) is 10.3 Å². The van der Waals surface area contributed by atoms with Crippen LogP contribution in [0.4, 0.5) is 5.69 Å². The lowest BCUT2D eigenvalue weighted by atomic mass is 10.0. The van der Waals surface area contributed by atoms with E-state index in [0.29, 0.717) is 5.11 Å². The van der Waals surface area contributed by atoms with Gasteiger partial charge in [0.25, 0.3) is 0 Å². The minimum Gasteiger partial charge on any atom is -0.497 e. The van der Waals surface area contributed by atoms with Crippen LogP contribution >= 0.6 is 23.6 Å². The van der Waals surface area contributed by atoms with Gasteiger partial charge < -0.3 is 15.0 Å². The molecule has 4 nitrogen and oxygen atoms in total. The third-order valence-electron chi connectivity index (χ3n) is 4.48. The Hall–Kier alpha value is -2.44. The van der Waals surface area contributed by atoms with Crippen molar-refractivity contribution < 1.29 is 4.74 Å². The minimum atomic E-state index is -0.00653. The molecule has 4 rings (SSSR count). The Labute approximate surface area is 162 Å². The van der Waals surface area contributed by atoms with E-state index in [1.54, 1.807) is 18.4 Å². The molecular formula is C20H19N3OS2. The summed E-state index contributed by atoms with van der Waals surface area (Å²) in [4.78, 5) is 9.28. The fraction of sp³-hybridized carbons (Fsp3) is 0.200. The number of hydrogen-bond acceptors (Lipinski definition) is 4. The Morgan fingerprint density at radius 3 is 2.73 bits per heavy atom. The highest BCUT2D eigenvalue weighted by Crippen LogP contribution is 2.44. The normalized spacial score (nSPS) is 19.5. The highest BCUT2D eigenvalue weighted by molar-refractivity contribution is 7.80. The average molecular weight is 382 g/mol. The number of anilines is 1. The number of nitrogens with one attached hydrogen (secondary N) is 1. The van der Waals surface area contributed by atoms with Gasteiger partial charge >= 0.3 is 0 Å². The number of aryl methyl sites for hydroxylation is 1. The zero-order chi connectivity index (χ0) is 18.1. The van der Waals surface area contributed by atoms with Gasteiger partial charge in [-0.1, -0.05) is 12.1 Å². The molecule has 1 aliphatic heterocycles. The SMILES string of the molecule is COc1cccc(N2C(=S)N[C@H](c3ccccn3)[C@H]2c2ccc(C)s2)c1. The monoisotopic (exact) mass is 381 g/mol. The Morgan fingerprint density at radius 2 is 2.04 bits per heavy atom. The first kappa shape index (κ1) is 17.0. The summed E-state index contributed by atoms with van der Waals surface area (Å²) in [5.74, 6) is 0.813. The fourth-order valence-electron chi connectivity index (χ4n) is 3.29. The lowest BCUT2D eigenvalue weighted by Crippen LogP contribution is -2.29. The second-order valence-corrected chi connectivity index (χ2v) is 7.85. The Bertz CT molecular complexity index is 926. The smallest absolute Gasteiger partial charge is 0.174 e. The van der Waals surface area contributed by atoms with Crippen LogP contribution in [0.2, 0.25) is 0 Å². The van der Waals surface area contributed by atoms with Crippen molar-refractivity contribution in [3.05, 3.63) is 76.2 Å². The second kappa shape index (κ2) is 7.05. The molecule has 132 valence electrons. The average Bonchev–Trinajstić information content (AvgIpc) is 3.25.